The highest BCUT2D eigenvalue weighted by molar-refractivity contribution is 5.96. The van der Waals surface area contributed by atoms with Gasteiger partial charge in [-0.25, -0.2) is 9.78 Å². The maximum atomic E-state index is 11.8. The molecule has 0 aliphatic carbocycles. The lowest BCUT2D eigenvalue weighted by molar-refractivity contribution is -0.123. The Balaban J connectivity index is 1.98. The summed E-state index contributed by atoms with van der Waals surface area (Å²) in [5.41, 5.74) is 6.16. The Hall–Kier alpha value is -2.31. The lowest BCUT2D eigenvalue weighted by atomic mass is 9.91. The van der Waals surface area contributed by atoms with E-state index in [1.54, 1.807) is 0 Å². The molecule has 1 aromatic heterocycles. The number of carboxylic acids is 1. The lowest BCUT2D eigenvalue weighted by Gasteiger charge is -2.37. The number of carbonyl (C=O) groups excluding carboxylic acids is 1. The van der Waals surface area contributed by atoms with Gasteiger partial charge in [-0.15, -0.1) is 0 Å². The molecule has 7 nitrogen and oxygen atoms in total. The zero-order valence-electron chi connectivity index (χ0n) is 10.9. The van der Waals surface area contributed by atoms with Crippen LogP contribution in [0, 0.1) is 5.92 Å². The number of nitrogens with two attached hydrogens (primary N) is 1. The minimum atomic E-state index is -1.07. The van der Waals surface area contributed by atoms with E-state index in [1.165, 1.54) is 12.3 Å². The van der Waals surface area contributed by atoms with Gasteiger partial charge in [0.2, 0.25) is 5.91 Å². The van der Waals surface area contributed by atoms with E-state index >= 15 is 0 Å². The molecule has 0 radical (unpaired) electrons. The fraction of sp³-hybridized carbons (Fsp3) is 0.462. The first-order chi connectivity index (χ1) is 9.59. The number of nitrogen functional groups attached to an aromatic ring is 1. The number of nitrogens with zero attached hydrogens (tertiary/aromatic N) is 2. The number of amides is 1. The highest BCUT2D eigenvalue weighted by Crippen LogP contribution is 2.34. The van der Waals surface area contributed by atoms with Crippen LogP contribution >= 0.6 is 0 Å². The summed E-state index contributed by atoms with van der Waals surface area (Å²) in [5, 5.41) is 12.0. The topological polar surface area (TPSA) is 109 Å². The van der Waals surface area contributed by atoms with Crippen molar-refractivity contribution in [1.29, 1.82) is 0 Å². The molecule has 2 fully saturated rings. The third-order valence-electron chi connectivity index (χ3n) is 4.07. The molecule has 7 heteroatoms. The Morgan fingerprint density at radius 3 is 3.10 bits per heavy atom. The number of anilines is 2. The van der Waals surface area contributed by atoms with E-state index in [-0.39, 0.29) is 29.1 Å². The minimum absolute atomic E-state index is 0.00935. The number of nitrogens with one attached hydrogen (secondary N) is 1. The van der Waals surface area contributed by atoms with Gasteiger partial charge in [-0.1, -0.05) is 0 Å². The summed E-state index contributed by atoms with van der Waals surface area (Å²) >= 11 is 0. The number of hydrogen-bond donors (Lipinski definition) is 3. The predicted octanol–water partition coefficient (Wildman–Crippen LogP) is 0.0768. The molecule has 1 amide bonds. The maximum absolute atomic E-state index is 11.8. The van der Waals surface area contributed by atoms with Gasteiger partial charge in [0.25, 0.3) is 0 Å². The summed E-state index contributed by atoms with van der Waals surface area (Å²) < 4.78 is 0. The number of piperidine rings is 1. The molecule has 0 bridgehead atoms. The molecule has 0 saturated carbocycles. The average molecular weight is 276 g/mol. The molecule has 1 aromatic rings. The van der Waals surface area contributed by atoms with Crippen molar-refractivity contribution in [3.63, 3.8) is 0 Å². The van der Waals surface area contributed by atoms with Crippen molar-refractivity contribution < 1.29 is 14.7 Å². The molecule has 2 aliphatic heterocycles. The van der Waals surface area contributed by atoms with Crippen LogP contribution < -0.4 is 16.0 Å². The second-order valence-electron chi connectivity index (χ2n) is 5.16. The summed E-state index contributed by atoms with van der Waals surface area (Å²) in [6.07, 6.45) is 3.17. The molecule has 2 saturated heterocycles. The van der Waals surface area contributed by atoms with Crippen molar-refractivity contribution in [2.45, 2.75) is 18.9 Å². The molecule has 2 unspecified atom stereocenters. The molecule has 4 N–H and O–H groups in total. The molecule has 106 valence electrons. The van der Waals surface area contributed by atoms with E-state index < -0.39 is 5.97 Å². The SMILES string of the molecule is Nc1c(C(=O)O)ccnc1N1CCCC2C(=O)NCC21. The zero-order valence-corrected chi connectivity index (χ0v) is 10.9. The first-order valence-electron chi connectivity index (χ1n) is 6.61. The molecule has 0 spiro atoms. The van der Waals surface area contributed by atoms with Crippen LogP contribution in [-0.4, -0.2) is 41.1 Å². The van der Waals surface area contributed by atoms with E-state index in [1.807, 2.05) is 4.90 Å². The summed E-state index contributed by atoms with van der Waals surface area (Å²) in [5.74, 6) is -0.595. The fourth-order valence-electron chi connectivity index (χ4n) is 3.09. The minimum Gasteiger partial charge on any atom is -0.478 e. The van der Waals surface area contributed by atoms with Crippen LogP contribution in [0.4, 0.5) is 11.5 Å². The molecule has 3 heterocycles. The number of pyridine rings is 1. The quantitative estimate of drug-likeness (QED) is 0.705. The van der Waals surface area contributed by atoms with E-state index in [9.17, 15) is 9.59 Å². The fourth-order valence-corrected chi connectivity index (χ4v) is 3.09. The van der Waals surface area contributed by atoms with Crippen LogP contribution in [0.15, 0.2) is 12.3 Å². The van der Waals surface area contributed by atoms with Gasteiger partial charge in [0.05, 0.1) is 23.2 Å². The monoisotopic (exact) mass is 276 g/mol. The molecule has 2 atom stereocenters. The second kappa shape index (κ2) is 4.66. The highest BCUT2D eigenvalue weighted by atomic mass is 16.4. The summed E-state index contributed by atoms with van der Waals surface area (Å²) in [7, 11) is 0. The Bertz CT molecular complexity index is 575. The molecular weight excluding hydrogens is 260 g/mol. The maximum Gasteiger partial charge on any atom is 0.337 e. The molecule has 2 aliphatic rings. The van der Waals surface area contributed by atoms with Crippen LogP contribution in [0.25, 0.3) is 0 Å². The number of fused-ring (bicyclic) bond motifs is 1. The summed E-state index contributed by atoms with van der Waals surface area (Å²) in [6, 6.07) is 1.40. The third-order valence-corrected chi connectivity index (χ3v) is 4.07. The van der Waals surface area contributed by atoms with Gasteiger partial charge in [-0.05, 0) is 18.9 Å². The Labute approximate surface area is 115 Å². The number of carboxylic acid groups (broad SMARTS) is 1. The largest absolute Gasteiger partial charge is 0.478 e. The van der Waals surface area contributed by atoms with Crippen molar-refractivity contribution in [2.24, 2.45) is 5.92 Å². The van der Waals surface area contributed by atoms with Gasteiger partial charge in [-0.3, -0.25) is 4.79 Å². The van der Waals surface area contributed by atoms with Crippen molar-refractivity contribution in [1.82, 2.24) is 10.3 Å². The van der Waals surface area contributed by atoms with Crippen LogP contribution in [-0.2, 0) is 4.79 Å². The Kier molecular flexibility index (Phi) is 2.96. The van der Waals surface area contributed by atoms with E-state index in [4.69, 9.17) is 10.8 Å². The van der Waals surface area contributed by atoms with Crippen molar-refractivity contribution in [2.75, 3.05) is 23.7 Å². The smallest absolute Gasteiger partial charge is 0.337 e. The highest BCUT2D eigenvalue weighted by Gasteiger charge is 2.41. The molecule has 0 aromatic carbocycles. The van der Waals surface area contributed by atoms with Gasteiger partial charge < -0.3 is 21.1 Å². The predicted molar refractivity (Wildman–Crippen MR) is 72.5 cm³/mol. The Morgan fingerprint density at radius 1 is 1.55 bits per heavy atom. The van der Waals surface area contributed by atoms with E-state index in [2.05, 4.69) is 10.3 Å². The summed E-state index contributed by atoms with van der Waals surface area (Å²) in [6.45, 7) is 1.29. The van der Waals surface area contributed by atoms with Crippen LogP contribution in [0.3, 0.4) is 0 Å². The zero-order chi connectivity index (χ0) is 14.3. The van der Waals surface area contributed by atoms with Gasteiger partial charge in [0, 0.05) is 19.3 Å². The standard InChI is InChI=1S/C13H16N4O3/c14-10-8(13(19)20)3-4-15-11(10)17-5-1-2-7-9(17)6-16-12(7)18/h3-4,7,9H,1-2,5-6,14H2,(H,16,18)(H,19,20). The average Bonchev–Trinajstić information content (AvgIpc) is 2.81. The van der Waals surface area contributed by atoms with Crippen LogP contribution in [0.5, 0.6) is 0 Å². The third kappa shape index (κ3) is 1.86. The van der Waals surface area contributed by atoms with Gasteiger partial charge in [0.15, 0.2) is 5.82 Å². The Morgan fingerprint density at radius 2 is 2.35 bits per heavy atom. The van der Waals surface area contributed by atoms with Gasteiger partial charge in [-0.2, -0.15) is 0 Å². The number of carbonyl (C=O) groups is 2. The summed E-state index contributed by atoms with van der Waals surface area (Å²) in [4.78, 5) is 29.1. The van der Waals surface area contributed by atoms with Crippen LogP contribution in [0.2, 0.25) is 0 Å². The van der Waals surface area contributed by atoms with Crippen molar-refractivity contribution >= 4 is 23.4 Å². The first kappa shape index (κ1) is 12.7. The second-order valence-corrected chi connectivity index (χ2v) is 5.16. The van der Waals surface area contributed by atoms with Crippen LogP contribution in [0.1, 0.15) is 23.2 Å². The number of rotatable bonds is 2. The lowest BCUT2D eigenvalue weighted by Crippen LogP contribution is -2.46. The molecular formula is C13H16N4O3. The number of aromatic nitrogens is 1. The molecule has 20 heavy (non-hydrogen) atoms. The van der Waals surface area contributed by atoms with E-state index in [0.29, 0.717) is 12.4 Å². The number of aromatic carboxylic acids is 1. The van der Waals surface area contributed by atoms with E-state index in [0.717, 1.165) is 19.4 Å². The van der Waals surface area contributed by atoms with Crippen molar-refractivity contribution in [3.8, 4) is 0 Å². The van der Waals surface area contributed by atoms with Crippen molar-refractivity contribution in [3.05, 3.63) is 17.8 Å². The first-order valence-corrected chi connectivity index (χ1v) is 6.61. The van der Waals surface area contributed by atoms with Gasteiger partial charge in [0.1, 0.15) is 0 Å². The number of hydrogen-bond acceptors (Lipinski definition) is 5. The normalized spacial score (nSPS) is 25.2. The van der Waals surface area contributed by atoms with Gasteiger partial charge >= 0.3 is 5.97 Å². The molecule has 3 rings (SSSR count).